The van der Waals surface area contributed by atoms with E-state index in [0.29, 0.717) is 0 Å². The molecule has 0 spiro atoms. The third kappa shape index (κ3) is 5.11. The molecule has 1 aliphatic heterocycles. The summed E-state index contributed by atoms with van der Waals surface area (Å²) in [5, 5.41) is 5.52. The van der Waals surface area contributed by atoms with E-state index < -0.39 is 6.03 Å². The first-order chi connectivity index (χ1) is 13.5. The minimum absolute atomic E-state index is 0.268. The molecule has 2 N–H and O–H groups in total. The van der Waals surface area contributed by atoms with Crippen molar-refractivity contribution in [3.63, 3.8) is 0 Å². The van der Waals surface area contributed by atoms with Gasteiger partial charge < -0.3 is 5.32 Å². The molecule has 8 heteroatoms. The minimum atomic E-state index is -0.470. The van der Waals surface area contributed by atoms with Gasteiger partial charge in [-0.15, -0.1) is 11.3 Å². The van der Waals surface area contributed by atoms with E-state index in [-0.39, 0.29) is 11.9 Å². The Labute approximate surface area is 174 Å². The van der Waals surface area contributed by atoms with Gasteiger partial charge in [-0.25, -0.2) is 4.79 Å². The lowest BCUT2D eigenvalue weighted by Gasteiger charge is -2.37. The van der Waals surface area contributed by atoms with Crippen LogP contribution in [0.4, 0.5) is 4.79 Å². The number of rotatable bonds is 5. The first kappa shape index (κ1) is 20.8. The number of imide groups is 1. The summed E-state index contributed by atoms with van der Waals surface area (Å²) in [6.45, 7) is 6.09. The van der Waals surface area contributed by atoms with Crippen molar-refractivity contribution >= 4 is 34.9 Å². The molecule has 2 heterocycles. The normalized spacial score (nSPS) is 16.5. The first-order valence-electron chi connectivity index (χ1n) is 9.30. The van der Waals surface area contributed by atoms with Crippen LogP contribution in [0, 0.1) is 0 Å². The van der Waals surface area contributed by atoms with Crippen molar-refractivity contribution in [1.29, 1.82) is 0 Å². The van der Waals surface area contributed by atoms with Crippen molar-refractivity contribution in [3.05, 3.63) is 46.3 Å². The van der Waals surface area contributed by atoms with Crippen LogP contribution in [0.2, 0.25) is 5.02 Å². The zero-order valence-corrected chi connectivity index (χ0v) is 17.6. The van der Waals surface area contributed by atoms with Crippen LogP contribution in [0.5, 0.6) is 0 Å². The van der Waals surface area contributed by atoms with E-state index in [1.807, 2.05) is 31.2 Å². The molecule has 28 heavy (non-hydrogen) atoms. The number of nitrogens with zero attached hydrogens (tertiary/aromatic N) is 2. The average molecular weight is 421 g/mol. The lowest BCUT2D eigenvalue weighted by molar-refractivity contribution is -0.125. The summed E-state index contributed by atoms with van der Waals surface area (Å²) in [6.07, 6.45) is 0. The largest absolute Gasteiger partial charge is 0.341 e. The number of carbonyl (C=O) groups excluding carboxylic acids is 2. The van der Waals surface area contributed by atoms with E-state index in [9.17, 15) is 9.59 Å². The molecule has 0 saturated carbocycles. The van der Waals surface area contributed by atoms with Gasteiger partial charge in [-0.1, -0.05) is 29.8 Å². The van der Waals surface area contributed by atoms with Crippen molar-refractivity contribution in [3.8, 4) is 10.4 Å². The molecule has 2 aromatic rings. The number of hydrogen-bond donors (Lipinski definition) is 2. The quantitative estimate of drug-likeness (QED) is 0.780. The average Bonchev–Trinajstić information content (AvgIpc) is 3.16. The number of amides is 3. The minimum Gasteiger partial charge on any atom is -0.341 e. The molecule has 1 aromatic carbocycles. The van der Waals surface area contributed by atoms with Crippen molar-refractivity contribution in [2.45, 2.75) is 19.5 Å². The Kier molecular flexibility index (Phi) is 7.07. The second-order valence-electron chi connectivity index (χ2n) is 6.80. The Morgan fingerprint density at radius 2 is 1.86 bits per heavy atom. The molecule has 1 aromatic heterocycles. The SMILES string of the molecule is CNC(=O)NC(=O)[C@@H](C)N1CCN(Cc2ccc(-c3ccccc3Cl)s2)CC1. The number of benzene rings is 1. The second-order valence-corrected chi connectivity index (χ2v) is 8.38. The lowest BCUT2D eigenvalue weighted by Crippen LogP contribution is -2.55. The first-order valence-corrected chi connectivity index (χ1v) is 10.5. The van der Waals surface area contributed by atoms with E-state index in [1.165, 1.54) is 16.8 Å². The Morgan fingerprint density at radius 1 is 1.14 bits per heavy atom. The molecular formula is C20H25ClN4O2S. The standard InChI is InChI=1S/C20H25ClN4O2S/c1-14(19(26)23-20(27)22-2)25-11-9-24(10-12-25)13-15-7-8-18(28-15)16-5-3-4-6-17(16)21/h3-8,14H,9-13H2,1-2H3,(H2,22,23,26,27)/t14-/m1/s1. The highest BCUT2D eigenvalue weighted by Gasteiger charge is 2.26. The highest BCUT2D eigenvalue weighted by Crippen LogP contribution is 2.33. The Bertz CT molecular complexity index is 833. The molecule has 3 amide bonds. The second kappa shape index (κ2) is 9.52. The number of piperazine rings is 1. The summed E-state index contributed by atoms with van der Waals surface area (Å²) in [5.41, 5.74) is 1.07. The third-order valence-corrected chi connectivity index (χ3v) is 6.41. The van der Waals surface area contributed by atoms with Crippen molar-refractivity contribution in [1.82, 2.24) is 20.4 Å². The predicted molar refractivity (Wildman–Crippen MR) is 114 cm³/mol. The Hall–Kier alpha value is -1.93. The van der Waals surface area contributed by atoms with Crippen LogP contribution in [-0.4, -0.2) is 61.0 Å². The number of carbonyl (C=O) groups is 2. The molecular weight excluding hydrogens is 396 g/mol. The van der Waals surface area contributed by atoms with Gasteiger partial charge in [0.05, 0.1) is 6.04 Å². The predicted octanol–water partition coefficient (Wildman–Crippen LogP) is 3.03. The van der Waals surface area contributed by atoms with Crippen LogP contribution in [0.15, 0.2) is 36.4 Å². The van der Waals surface area contributed by atoms with Crippen LogP contribution < -0.4 is 10.6 Å². The fourth-order valence-electron chi connectivity index (χ4n) is 3.24. The van der Waals surface area contributed by atoms with Crippen LogP contribution in [0.3, 0.4) is 0 Å². The van der Waals surface area contributed by atoms with E-state index in [2.05, 4.69) is 32.6 Å². The fourth-order valence-corrected chi connectivity index (χ4v) is 4.63. The molecule has 3 rings (SSSR count). The summed E-state index contributed by atoms with van der Waals surface area (Å²) < 4.78 is 0. The van der Waals surface area contributed by atoms with Crippen molar-refractivity contribution < 1.29 is 9.59 Å². The van der Waals surface area contributed by atoms with Crippen LogP contribution in [0.1, 0.15) is 11.8 Å². The van der Waals surface area contributed by atoms with Gasteiger partial charge in [0.1, 0.15) is 0 Å². The fraction of sp³-hybridized carbons (Fsp3) is 0.400. The highest BCUT2D eigenvalue weighted by atomic mass is 35.5. The monoisotopic (exact) mass is 420 g/mol. The molecule has 1 fully saturated rings. The number of urea groups is 1. The van der Waals surface area contributed by atoms with E-state index in [0.717, 1.165) is 43.3 Å². The molecule has 1 atom stereocenters. The number of halogens is 1. The summed E-state index contributed by atoms with van der Waals surface area (Å²) in [4.78, 5) is 30.4. The maximum absolute atomic E-state index is 12.1. The molecule has 0 bridgehead atoms. The van der Waals surface area contributed by atoms with Crippen molar-refractivity contribution in [2.75, 3.05) is 33.2 Å². The zero-order valence-electron chi connectivity index (χ0n) is 16.1. The smallest absolute Gasteiger partial charge is 0.321 e. The summed E-state index contributed by atoms with van der Waals surface area (Å²) in [6, 6.07) is 11.4. The number of hydrogen-bond acceptors (Lipinski definition) is 5. The van der Waals surface area contributed by atoms with Gasteiger partial charge in [0.25, 0.3) is 0 Å². The summed E-state index contributed by atoms with van der Waals surface area (Å²) in [7, 11) is 1.49. The summed E-state index contributed by atoms with van der Waals surface area (Å²) in [5.74, 6) is -0.268. The number of thiophene rings is 1. The topological polar surface area (TPSA) is 64.7 Å². The molecule has 0 aliphatic carbocycles. The molecule has 0 radical (unpaired) electrons. The van der Waals surface area contributed by atoms with Gasteiger partial charge in [-0.3, -0.25) is 19.9 Å². The van der Waals surface area contributed by atoms with Gasteiger partial charge in [0.15, 0.2) is 0 Å². The van der Waals surface area contributed by atoms with Crippen molar-refractivity contribution in [2.24, 2.45) is 0 Å². The van der Waals surface area contributed by atoms with Gasteiger partial charge >= 0.3 is 6.03 Å². The maximum atomic E-state index is 12.1. The van der Waals surface area contributed by atoms with Crippen LogP contribution >= 0.6 is 22.9 Å². The highest BCUT2D eigenvalue weighted by molar-refractivity contribution is 7.15. The third-order valence-electron chi connectivity index (χ3n) is 4.98. The van der Waals surface area contributed by atoms with E-state index in [1.54, 1.807) is 11.3 Å². The molecule has 1 saturated heterocycles. The number of nitrogens with one attached hydrogen (secondary N) is 2. The maximum Gasteiger partial charge on any atom is 0.321 e. The van der Waals surface area contributed by atoms with Gasteiger partial charge in [0, 0.05) is 60.1 Å². The lowest BCUT2D eigenvalue weighted by atomic mass is 10.2. The van der Waals surface area contributed by atoms with E-state index in [4.69, 9.17) is 11.6 Å². The van der Waals surface area contributed by atoms with Gasteiger partial charge in [-0.2, -0.15) is 0 Å². The molecule has 6 nitrogen and oxygen atoms in total. The molecule has 150 valence electrons. The summed E-state index contributed by atoms with van der Waals surface area (Å²) >= 11 is 8.07. The van der Waals surface area contributed by atoms with E-state index >= 15 is 0 Å². The van der Waals surface area contributed by atoms with Gasteiger partial charge in [-0.05, 0) is 25.1 Å². The van der Waals surface area contributed by atoms with Crippen LogP contribution in [0.25, 0.3) is 10.4 Å². The molecule has 1 aliphatic rings. The van der Waals surface area contributed by atoms with Gasteiger partial charge in [0.2, 0.25) is 5.91 Å². The molecule has 0 unspecified atom stereocenters. The zero-order chi connectivity index (χ0) is 20.1. The van der Waals surface area contributed by atoms with Crippen LogP contribution in [-0.2, 0) is 11.3 Å². The Morgan fingerprint density at radius 3 is 2.54 bits per heavy atom. The Balaban J connectivity index is 1.52.